The van der Waals surface area contributed by atoms with Crippen molar-refractivity contribution in [1.82, 2.24) is 4.90 Å². The summed E-state index contributed by atoms with van der Waals surface area (Å²) >= 11 is 0. The topological polar surface area (TPSA) is 46.3 Å². The van der Waals surface area contributed by atoms with Gasteiger partial charge in [0.05, 0.1) is 0 Å². The molecular weight excluding hydrogens is 212 g/mol. The van der Waals surface area contributed by atoms with Gasteiger partial charge in [0.2, 0.25) is 0 Å². The molecule has 1 aromatic rings. The summed E-state index contributed by atoms with van der Waals surface area (Å²) in [5, 5.41) is 0. The van der Waals surface area contributed by atoms with Crippen LogP contribution in [0.3, 0.4) is 0 Å². The summed E-state index contributed by atoms with van der Waals surface area (Å²) in [6.07, 6.45) is 2.17. The van der Waals surface area contributed by atoms with E-state index in [4.69, 9.17) is 5.73 Å². The van der Waals surface area contributed by atoms with Crippen LogP contribution in [0.1, 0.15) is 42.6 Å². The highest BCUT2D eigenvalue weighted by atomic mass is 16.2. The molecule has 92 valence electrons. The van der Waals surface area contributed by atoms with Crippen molar-refractivity contribution in [2.75, 3.05) is 12.3 Å². The maximum absolute atomic E-state index is 12.4. The van der Waals surface area contributed by atoms with Gasteiger partial charge in [0.15, 0.2) is 0 Å². The summed E-state index contributed by atoms with van der Waals surface area (Å²) < 4.78 is 0. The van der Waals surface area contributed by atoms with Crippen LogP contribution >= 0.6 is 0 Å². The molecule has 1 fully saturated rings. The number of hydrogen-bond donors (Lipinski definition) is 1. The van der Waals surface area contributed by atoms with E-state index in [0.29, 0.717) is 0 Å². The molecule has 0 radical (unpaired) electrons. The Balaban J connectivity index is 2.28. The number of nitrogens with two attached hydrogens (primary N) is 1. The lowest BCUT2D eigenvalue weighted by Crippen LogP contribution is -2.42. The molecular formula is C14H20N2O. The normalized spacial score (nSPS) is 18.4. The molecule has 0 spiro atoms. The summed E-state index contributed by atoms with van der Waals surface area (Å²) in [6.45, 7) is 7.04. The van der Waals surface area contributed by atoms with Crippen LogP contribution < -0.4 is 5.73 Å². The van der Waals surface area contributed by atoms with E-state index in [1.165, 1.54) is 0 Å². The Kier molecular flexibility index (Phi) is 2.86. The molecule has 0 atom stereocenters. The summed E-state index contributed by atoms with van der Waals surface area (Å²) in [5.74, 6) is 0.121. The molecule has 3 heteroatoms. The molecule has 0 bridgehead atoms. The van der Waals surface area contributed by atoms with Crippen LogP contribution in [0.15, 0.2) is 18.2 Å². The molecule has 1 aliphatic rings. The van der Waals surface area contributed by atoms with Gasteiger partial charge in [0, 0.05) is 23.3 Å². The second-order valence-corrected chi connectivity index (χ2v) is 5.44. The van der Waals surface area contributed by atoms with Crippen LogP contribution in [-0.2, 0) is 0 Å². The van der Waals surface area contributed by atoms with E-state index in [2.05, 4.69) is 13.8 Å². The number of carbonyl (C=O) groups is 1. The Hall–Kier alpha value is -1.51. The summed E-state index contributed by atoms with van der Waals surface area (Å²) in [7, 11) is 0. The van der Waals surface area contributed by atoms with Gasteiger partial charge < -0.3 is 10.6 Å². The predicted molar refractivity (Wildman–Crippen MR) is 69.9 cm³/mol. The number of rotatable bonds is 1. The molecule has 3 nitrogen and oxygen atoms in total. The fraction of sp³-hybridized carbons (Fsp3) is 0.500. The number of likely N-dealkylation sites (tertiary alicyclic amines) is 1. The van der Waals surface area contributed by atoms with Crippen LogP contribution in [-0.4, -0.2) is 22.9 Å². The van der Waals surface area contributed by atoms with Crippen LogP contribution in [0, 0.1) is 6.92 Å². The monoisotopic (exact) mass is 232 g/mol. The van der Waals surface area contributed by atoms with Gasteiger partial charge in [-0.15, -0.1) is 0 Å². The molecule has 0 saturated carbocycles. The minimum atomic E-state index is -0.0215. The molecule has 0 unspecified atom stereocenters. The Labute approximate surface area is 103 Å². The van der Waals surface area contributed by atoms with Gasteiger partial charge in [-0.05, 0) is 57.4 Å². The first kappa shape index (κ1) is 12.0. The molecule has 1 aliphatic heterocycles. The highest BCUT2D eigenvalue weighted by Gasteiger charge is 2.35. The maximum atomic E-state index is 12.4. The van der Waals surface area contributed by atoms with E-state index in [9.17, 15) is 4.79 Å². The third-order valence-corrected chi connectivity index (χ3v) is 3.66. The smallest absolute Gasteiger partial charge is 0.254 e. The summed E-state index contributed by atoms with van der Waals surface area (Å²) in [5.41, 5.74) is 8.20. The molecule has 2 rings (SSSR count). The summed E-state index contributed by atoms with van der Waals surface area (Å²) in [6, 6.07) is 5.51. The van der Waals surface area contributed by atoms with Crippen LogP contribution in [0.4, 0.5) is 5.69 Å². The van der Waals surface area contributed by atoms with E-state index in [1.807, 2.05) is 30.0 Å². The second kappa shape index (κ2) is 4.06. The number of benzene rings is 1. The van der Waals surface area contributed by atoms with Crippen molar-refractivity contribution in [2.45, 2.75) is 39.2 Å². The molecule has 1 saturated heterocycles. The zero-order chi connectivity index (χ0) is 12.6. The number of aryl methyl sites for hydroxylation is 1. The Morgan fingerprint density at radius 3 is 2.65 bits per heavy atom. The molecule has 0 aliphatic carbocycles. The van der Waals surface area contributed by atoms with Crippen molar-refractivity contribution in [2.24, 2.45) is 0 Å². The molecule has 1 aromatic carbocycles. The van der Waals surface area contributed by atoms with E-state index in [0.717, 1.165) is 36.2 Å². The molecule has 1 amide bonds. The molecule has 17 heavy (non-hydrogen) atoms. The Morgan fingerprint density at radius 2 is 2.12 bits per heavy atom. The van der Waals surface area contributed by atoms with Crippen LogP contribution in [0.2, 0.25) is 0 Å². The standard InChI is InChI=1S/C14H20N2O/c1-10-9-11(5-6-12(10)15)13(17)16-8-4-7-14(16,2)3/h5-6,9H,4,7-8,15H2,1-3H3. The quantitative estimate of drug-likeness (QED) is 0.756. The average molecular weight is 232 g/mol. The Bertz CT molecular complexity index is 452. The SMILES string of the molecule is Cc1cc(C(=O)N2CCCC2(C)C)ccc1N. The fourth-order valence-electron chi connectivity index (χ4n) is 2.45. The minimum absolute atomic E-state index is 0.0215. The first-order valence-corrected chi connectivity index (χ1v) is 6.10. The third kappa shape index (κ3) is 2.14. The van der Waals surface area contributed by atoms with Crippen molar-refractivity contribution in [3.05, 3.63) is 29.3 Å². The lowest BCUT2D eigenvalue weighted by molar-refractivity contribution is 0.0652. The van der Waals surface area contributed by atoms with Gasteiger partial charge >= 0.3 is 0 Å². The number of hydrogen-bond acceptors (Lipinski definition) is 2. The maximum Gasteiger partial charge on any atom is 0.254 e. The van der Waals surface area contributed by atoms with Gasteiger partial charge in [-0.2, -0.15) is 0 Å². The second-order valence-electron chi connectivity index (χ2n) is 5.44. The van der Waals surface area contributed by atoms with E-state index < -0.39 is 0 Å². The van der Waals surface area contributed by atoms with Crippen molar-refractivity contribution < 1.29 is 4.79 Å². The van der Waals surface area contributed by atoms with E-state index in [-0.39, 0.29) is 11.4 Å². The van der Waals surface area contributed by atoms with Crippen molar-refractivity contribution in [3.63, 3.8) is 0 Å². The largest absolute Gasteiger partial charge is 0.399 e. The average Bonchev–Trinajstić information content (AvgIpc) is 2.61. The Morgan fingerprint density at radius 1 is 1.41 bits per heavy atom. The van der Waals surface area contributed by atoms with Crippen LogP contribution in [0.5, 0.6) is 0 Å². The highest BCUT2D eigenvalue weighted by Crippen LogP contribution is 2.30. The van der Waals surface area contributed by atoms with Crippen molar-refractivity contribution >= 4 is 11.6 Å². The first-order valence-electron chi connectivity index (χ1n) is 6.10. The first-order chi connectivity index (χ1) is 7.92. The number of amides is 1. The number of nitrogen functional groups attached to an aromatic ring is 1. The van der Waals surface area contributed by atoms with Gasteiger partial charge in [0.1, 0.15) is 0 Å². The molecule has 1 heterocycles. The third-order valence-electron chi connectivity index (χ3n) is 3.66. The summed E-state index contributed by atoms with van der Waals surface area (Å²) in [4.78, 5) is 14.4. The highest BCUT2D eigenvalue weighted by molar-refractivity contribution is 5.95. The predicted octanol–water partition coefficient (Wildman–Crippen LogP) is 2.59. The van der Waals surface area contributed by atoms with Crippen LogP contribution in [0.25, 0.3) is 0 Å². The minimum Gasteiger partial charge on any atom is -0.399 e. The zero-order valence-electron chi connectivity index (χ0n) is 10.8. The van der Waals surface area contributed by atoms with Gasteiger partial charge in [-0.25, -0.2) is 0 Å². The number of nitrogens with zero attached hydrogens (tertiary/aromatic N) is 1. The number of carbonyl (C=O) groups excluding carboxylic acids is 1. The zero-order valence-corrected chi connectivity index (χ0v) is 10.8. The van der Waals surface area contributed by atoms with Crippen molar-refractivity contribution in [3.8, 4) is 0 Å². The van der Waals surface area contributed by atoms with Gasteiger partial charge in [0.25, 0.3) is 5.91 Å². The van der Waals surface area contributed by atoms with Gasteiger partial charge in [-0.3, -0.25) is 4.79 Å². The molecule has 2 N–H and O–H groups in total. The van der Waals surface area contributed by atoms with E-state index >= 15 is 0 Å². The van der Waals surface area contributed by atoms with Gasteiger partial charge in [-0.1, -0.05) is 0 Å². The van der Waals surface area contributed by atoms with Crippen molar-refractivity contribution in [1.29, 1.82) is 0 Å². The van der Waals surface area contributed by atoms with E-state index in [1.54, 1.807) is 0 Å². The fourth-order valence-corrected chi connectivity index (χ4v) is 2.45. The lowest BCUT2D eigenvalue weighted by Gasteiger charge is -2.31. The molecule has 0 aromatic heterocycles. The number of anilines is 1. The lowest BCUT2D eigenvalue weighted by atomic mass is 10.0.